The van der Waals surface area contributed by atoms with Gasteiger partial charge in [-0.2, -0.15) is 4.98 Å². The average Bonchev–Trinajstić information content (AvgIpc) is 2.70. The zero-order valence-electron chi connectivity index (χ0n) is 16.1. The zero-order valence-corrected chi connectivity index (χ0v) is 17.6. The van der Waals surface area contributed by atoms with E-state index >= 15 is 0 Å². The van der Waals surface area contributed by atoms with E-state index in [2.05, 4.69) is 25.9 Å². The van der Waals surface area contributed by atoms with Crippen LogP contribution < -0.4 is 21.5 Å². The molecule has 158 valence electrons. The molecule has 4 N–H and O–H groups in total. The third kappa shape index (κ3) is 4.44. The third-order valence-electron chi connectivity index (χ3n) is 5.40. The molecular formula is C20H21Cl2N5O3. The Morgan fingerprint density at radius 3 is 2.63 bits per heavy atom. The second-order valence-corrected chi connectivity index (χ2v) is 8.42. The van der Waals surface area contributed by atoms with Crippen molar-refractivity contribution in [3.8, 4) is 0 Å². The van der Waals surface area contributed by atoms with Gasteiger partial charge in [-0.25, -0.2) is 0 Å². The first-order valence-electron chi connectivity index (χ1n) is 9.87. The molecule has 30 heavy (non-hydrogen) atoms. The van der Waals surface area contributed by atoms with Crippen molar-refractivity contribution in [2.45, 2.75) is 50.5 Å². The third-order valence-corrected chi connectivity index (χ3v) is 5.95. The summed E-state index contributed by atoms with van der Waals surface area (Å²) in [5, 5.41) is 9.31. The summed E-state index contributed by atoms with van der Waals surface area (Å²) in [5.41, 5.74) is 0.157. The minimum absolute atomic E-state index is 0.0754. The lowest BCUT2D eigenvalue weighted by Crippen LogP contribution is -2.43. The van der Waals surface area contributed by atoms with Crippen LogP contribution in [-0.4, -0.2) is 27.8 Å². The molecule has 1 saturated carbocycles. The van der Waals surface area contributed by atoms with Crippen LogP contribution in [0.4, 0.5) is 17.5 Å². The monoisotopic (exact) mass is 449 g/mol. The largest absolute Gasteiger partial charge is 0.353 e. The number of nitrogens with one attached hydrogen (secondary N) is 4. The Balaban J connectivity index is 1.60. The van der Waals surface area contributed by atoms with E-state index in [9.17, 15) is 14.4 Å². The van der Waals surface area contributed by atoms with Gasteiger partial charge in [-0.15, -0.1) is 0 Å². The van der Waals surface area contributed by atoms with Crippen molar-refractivity contribution in [3.05, 3.63) is 44.2 Å². The molecule has 0 bridgehead atoms. The van der Waals surface area contributed by atoms with Gasteiger partial charge >= 0.3 is 0 Å². The van der Waals surface area contributed by atoms with Gasteiger partial charge in [0, 0.05) is 17.5 Å². The van der Waals surface area contributed by atoms with Crippen molar-refractivity contribution in [1.29, 1.82) is 0 Å². The van der Waals surface area contributed by atoms with Gasteiger partial charge in [-0.1, -0.05) is 42.5 Å². The molecule has 2 aromatic rings. The summed E-state index contributed by atoms with van der Waals surface area (Å²) >= 11 is 12.1. The molecule has 1 aromatic heterocycles. The molecule has 1 fully saturated rings. The minimum atomic E-state index is -0.875. The van der Waals surface area contributed by atoms with E-state index in [0.29, 0.717) is 15.7 Å². The Kier molecular flexibility index (Phi) is 5.97. The van der Waals surface area contributed by atoms with Crippen molar-refractivity contribution in [1.82, 2.24) is 15.3 Å². The Bertz CT molecular complexity index is 1050. The number of fused-ring (bicyclic) bond motifs is 1. The first-order valence-corrected chi connectivity index (χ1v) is 10.6. The fourth-order valence-corrected chi connectivity index (χ4v) is 4.38. The number of rotatable bonds is 4. The van der Waals surface area contributed by atoms with Gasteiger partial charge in [0.2, 0.25) is 17.8 Å². The maximum absolute atomic E-state index is 12.9. The van der Waals surface area contributed by atoms with Gasteiger partial charge in [0.1, 0.15) is 5.82 Å². The summed E-state index contributed by atoms with van der Waals surface area (Å²) in [6.07, 6.45) is 5.03. The number of hydrogen-bond donors (Lipinski definition) is 4. The molecule has 0 spiro atoms. The fourth-order valence-electron chi connectivity index (χ4n) is 3.92. The Labute approximate surface area is 182 Å². The molecule has 2 amide bonds. The summed E-state index contributed by atoms with van der Waals surface area (Å²) in [5.74, 6) is -1.38. The topological polar surface area (TPSA) is 116 Å². The number of carbonyl (C=O) groups is 2. The first-order chi connectivity index (χ1) is 14.4. The molecule has 1 unspecified atom stereocenters. The van der Waals surface area contributed by atoms with Crippen molar-refractivity contribution in [3.63, 3.8) is 0 Å². The van der Waals surface area contributed by atoms with E-state index in [1.165, 1.54) is 0 Å². The number of halogens is 2. The van der Waals surface area contributed by atoms with E-state index in [1.807, 2.05) is 0 Å². The van der Waals surface area contributed by atoms with Crippen LogP contribution in [0.5, 0.6) is 0 Å². The van der Waals surface area contributed by atoms with E-state index < -0.39 is 11.5 Å². The molecule has 1 aliphatic carbocycles. The molecule has 2 aliphatic rings. The van der Waals surface area contributed by atoms with Gasteiger partial charge in [-0.3, -0.25) is 19.4 Å². The molecule has 2 heterocycles. The predicted octanol–water partition coefficient (Wildman–Crippen LogP) is 3.70. The molecule has 1 atom stereocenters. The van der Waals surface area contributed by atoms with Crippen LogP contribution in [0.25, 0.3) is 0 Å². The molecule has 0 saturated heterocycles. The summed E-state index contributed by atoms with van der Waals surface area (Å²) in [4.78, 5) is 44.8. The lowest BCUT2D eigenvalue weighted by Gasteiger charge is -2.28. The highest BCUT2D eigenvalue weighted by Crippen LogP contribution is 2.31. The lowest BCUT2D eigenvalue weighted by atomic mass is 9.90. The van der Waals surface area contributed by atoms with Crippen molar-refractivity contribution < 1.29 is 9.59 Å². The van der Waals surface area contributed by atoms with Crippen LogP contribution in [0, 0.1) is 0 Å². The molecule has 1 aliphatic heterocycles. The molecular weight excluding hydrogens is 429 g/mol. The lowest BCUT2D eigenvalue weighted by molar-refractivity contribution is -0.127. The highest BCUT2D eigenvalue weighted by molar-refractivity contribution is 6.36. The van der Waals surface area contributed by atoms with E-state index in [0.717, 1.165) is 32.1 Å². The van der Waals surface area contributed by atoms with Gasteiger partial charge in [0.05, 0.1) is 22.2 Å². The summed E-state index contributed by atoms with van der Waals surface area (Å²) < 4.78 is 0. The Morgan fingerprint density at radius 1 is 1.13 bits per heavy atom. The number of benzene rings is 1. The standard InChI is InChI=1S/C20H21Cl2N5O3/c21-10-6-7-14(13(22)8-10)24-20-26-17-16(19(30)27-20)12(9-15(28)25-17)18(29)23-11-4-2-1-3-5-11/h6-8,11-12H,1-5,9H2,(H,23,29)(H3,24,25,26,27,28,30). The van der Waals surface area contributed by atoms with Gasteiger partial charge < -0.3 is 16.0 Å². The SMILES string of the molecule is O=C1CC(C(=O)NC2CCCCC2)c2c(nc(Nc3ccc(Cl)cc3Cl)[nH]c2=O)N1. The van der Waals surface area contributed by atoms with Crippen LogP contribution in [0.2, 0.25) is 10.0 Å². The van der Waals surface area contributed by atoms with Crippen LogP contribution in [0.15, 0.2) is 23.0 Å². The first kappa shape index (κ1) is 20.7. The summed E-state index contributed by atoms with van der Waals surface area (Å²) in [6, 6.07) is 4.91. The van der Waals surface area contributed by atoms with Gasteiger partial charge in [0.15, 0.2) is 0 Å². The van der Waals surface area contributed by atoms with Gasteiger partial charge in [-0.05, 0) is 31.0 Å². The number of aromatic nitrogens is 2. The number of nitrogens with zero attached hydrogens (tertiary/aromatic N) is 1. The van der Waals surface area contributed by atoms with Gasteiger partial charge in [0.25, 0.3) is 5.56 Å². The second-order valence-electron chi connectivity index (χ2n) is 7.57. The zero-order chi connectivity index (χ0) is 21.3. The number of carbonyl (C=O) groups excluding carboxylic acids is 2. The number of amides is 2. The number of anilines is 3. The van der Waals surface area contributed by atoms with E-state index in [-0.39, 0.29) is 41.6 Å². The van der Waals surface area contributed by atoms with Crippen molar-refractivity contribution in [2.75, 3.05) is 10.6 Å². The normalized spacial score (nSPS) is 19.0. The van der Waals surface area contributed by atoms with E-state index in [4.69, 9.17) is 23.2 Å². The highest BCUT2D eigenvalue weighted by Gasteiger charge is 2.35. The number of hydrogen-bond acceptors (Lipinski definition) is 5. The van der Waals surface area contributed by atoms with Crippen LogP contribution >= 0.6 is 23.2 Å². The maximum atomic E-state index is 12.9. The molecule has 4 rings (SSSR count). The average molecular weight is 450 g/mol. The quantitative estimate of drug-likeness (QED) is 0.567. The van der Waals surface area contributed by atoms with E-state index in [1.54, 1.807) is 18.2 Å². The van der Waals surface area contributed by atoms with Crippen LogP contribution in [0.1, 0.15) is 50.0 Å². The smallest absolute Gasteiger partial charge is 0.258 e. The van der Waals surface area contributed by atoms with Crippen LogP contribution in [0.3, 0.4) is 0 Å². The molecule has 1 aromatic carbocycles. The van der Waals surface area contributed by atoms with Crippen LogP contribution in [-0.2, 0) is 9.59 Å². The Hall–Kier alpha value is -2.58. The predicted molar refractivity (Wildman–Crippen MR) is 116 cm³/mol. The number of H-pyrrole nitrogens is 1. The molecule has 10 heteroatoms. The second kappa shape index (κ2) is 8.65. The minimum Gasteiger partial charge on any atom is -0.353 e. The molecule has 0 radical (unpaired) electrons. The van der Waals surface area contributed by atoms with Crippen molar-refractivity contribution in [2.24, 2.45) is 0 Å². The fraction of sp³-hybridized carbons (Fsp3) is 0.400. The molecule has 8 nitrogen and oxygen atoms in total. The van der Waals surface area contributed by atoms with Crippen molar-refractivity contribution >= 4 is 52.5 Å². The Morgan fingerprint density at radius 2 is 1.90 bits per heavy atom. The highest BCUT2D eigenvalue weighted by atomic mass is 35.5. The maximum Gasteiger partial charge on any atom is 0.258 e. The number of aromatic amines is 1. The summed E-state index contributed by atoms with van der Waals surface area (Å²) in [7, 11) is 0. The summed E-state index contributed by atoms with van der Waals surface area (Å²) in [6.45, 7) is 0.